The van der Waals surface area contributed by atoms with E-state index in [-0.39, 0.29) is 5.12 Å². The third kappa shape index (κ3) is 4.62. The second kappa shape index (κ2) is 4.56. The summed E-state index contributed by atoms with van der Waals surface area (Å²) in [6, 6.07) is 0. The Hall–Kier alpha value is -0.240. The fraction of sp³-hybridized carbons (Fsp3) is 0.625. The number of carbonyl (C=O) groups excluding carboxylic acids is 1. The van der Waals surface area contributed by atoms with Gasteiger partial charge in [0.05, 0.1) is 0 Å². The summed E-state index contributed by atoms with van der Waals surface area (Å²) in [6.45, 7) is 9.47. The van der Waals surface area contributed by atoms with E-state index < -0.39 is 0 Å². The minimum absolute atomic E-state index is 0.188. The van der Waals surface area contributed by atoms with Crippen LogP contribution in [-0.4, -0.2) is 10.9 Å². The predicted molar refractivity (Wildman–Crippen MR) is 47.1 cm³/mol. The highest BCUT2D eigenvalue weighted by Crippen LogP contribution is 2.14. The minimum atomic E-state index is 0.188. The number of thioether (sulfide) groups is 1. The van der Waals surface area contributed by atoms with Crippen molar-refractivity contribution in [2.75, 3.05) is 5.75 Å². The molecule has 0 saturated carbocycles. The van der Waals surface area contributed by atoms with Gasteiger partial charge < -0.3 is 0 Å². The first-order valence-electron chi connectivity index (χ1n) is 3.32. The van der Waals surface area contributed by atoms with Crippen molar-refractivity contribution in [2.45, 2.75) is 20.8 Å². The van der Waals surface area contributed by atoms with E-state index in [9.17, 15) is 4.79 Å². The van der Waals surface area contributed by atoms with Crippen LogP contribution in [0.2, 0.25) is 0 Å². The van der Waals surface area contributed by atoms with E-state index in [0.717, 1.165) is 11.3 Å². The van der Waals surface area contributed by atoms with Crippen LogP contribution in [0.4, 0.5) is 0 Å². The van der Waals surface area contributed by atoms with Crippen molar-refractivity contribution in [3.05, 3.63) is 12.2 Å². The zero-order valence-electron chi connectivity index (χ0n) is 6.81. The fourth-order valence-electron chi connectivity index (χ4n) is 0.385. The molecular formula is C8H14OS. The van der Waals surface area contributed by atoms with Crippen LogP contribution < -0.4 is 0 Å². The molecule has 0 aliphatic carbocycles. The molecule has 0 saturated heterocycles. The molecule has 0 aromatic heterocycles. The molecule has 0 rings (SSSR count). The van der Waals surface area contributed by atoms with E-state index >= 15 is 0 Å². The van der Waals surface area contributed by atoms with Crippen LogP contribution in [0.5, 0.6) is 0 Å². The summed E-state index contributed by atoms with van der Waals surface area (Å²) in [7, 11) is 0. The first-order valence-corrected chi connectivity index (χ1v) is 4.31. The summed E-state index contributed by atoms with van der Waals surface area (Å²) in [5.74, 6) is 1.32. The molecule has 0 bridgehead atoms. The topological polar surface area (TPSA) is 17.1 Å². The van der Waals surface area contributed by atoms with E-state index in [2.05, 4.69) is 13.5 Å². The van der Waals surface area contributed by atoms with Gasteiger partial charge in [-0.3, -0.25) is 4.79 Å². The Balaban J connectivity index is 3.49. The molecule has 0 heterocycles. The fourth-order valence-corrected chi connectivity index (χ4v) is 1.15. The zero-order valence-corrected chi connectivity index (χ0v) is 7.62. The Labute approximate surface area is 66.9 Å². The molecule has 0 spiro atoms. The number of allylic oxidation sites excluding steroid dienone is 1. The first-order chi connectivity index (χ1) is 4.54. The van der Waals surface area contributed by atoms with Crippen LogP contribution in [0.15, 0.2) is 12.2 Å². The van der Waals surface area contributed by atoms with E-state index in [1.165, 1.54) is 11.8 Å². The Morgan fingerprint density at radius 2 is 2.10 bits per heavy atom. The first kappa shape index (κ1) is 9.76. The van der Waals surface area contributed by atoms with Crippen LogP contribution >= 0.6 is 11.8 Å². The van der Waals surface area contributed by atoms with Gasteiger partial charge in [0.1, 0.15) is 0 Å². The van der Waals surface area contributed by atoms with Gasteiger partial charge in [-0.1, -0.05) is 30.8 Å². The van der Waals surface area contributed by atoms with E-state index in [0.29, 0.717) is 5.92 Å². The predicted octanol–water partition coefficient (Wildman–Crippen LogP) is 2.48. The lowest BCUT2D eigenvalue weighted by atomic mass is 10.1. The Morgan fingerprint density at radius 3 is 2.40 bits per heavy atom. The highest BCUT2D eigenvalue weighted by Gasteiger charge is 2.03. The average Bonchev–Trinajstić information content (AvgIpc) is 1.82. The number of carbonyl (C=O) groups is 1. The summed E-state index contributed by atoms with van der Waals surface area (Å²) in [5.41, 5.74) is 1.15. The molecule has 1 nitrogen and oxygen atoms in total. The largest absolute Gasteiger partial charge is 0.288 e. The standard InChI is InChI=1S/C8H14OS/c1-6(2)7(3)5-10-8(4)9/h7H,1,5H2,2-4H3. The monoisotopic (exact) mass is 158 g/mol. The Kier molecular flexibility index (Phi) is 4.45. The normalized spacial score (nSPS) is 12.7. The molecule has 0 amide bonds. The molecule has 1 atom stereocenters. The maximum Gasteiger partial charge on any atom is 0.185 e. The lowest BCUT2D eigenvalue weighted by Crippen LogP contribution is -2.00. The van der Waals surface area contributed by atoms with Crippen molar-refractivity contribution in [3.8, 4) is 0 Å². The maximum absolute atomic E-state index is 10.5. The third-order valence-electron chi connectivity index (χ3n) is 1.38. The summed E-state index contributed by atoms with van der Waals surface area (Å²) in [5, 5.41) is 0.188. The van der Waals surface area contributed by atoms with Crippen molar-refractivity contribution in [1.82, 2.24) is 0 Å². The molecule has 0 radical (unpaired) electrons. The highest BCUT2D eigenvalue weighted by molar-refractivity contribution is 8.13. The molecule has 2 heteroatoms. The lowest BCUT2D eigenvalue weighted by molar-refractivity contribution is -0.109. The maximum atomic E-state index is 10.5. The zero-order chi connectivity index (χ0) is 8.15. The van der Waals surface area contributed by atoms with Crippen LogP contribution in [0.1, 0.15) is 20.8 Å². The second-order valence-corrected chi connectivity index (χ2v) is 3.75. The summed E-state index contributed by atoms with van der Waals surface area (Å²) < 4.78 is 0. The van der Waals surface area contributed by atoms with Crippen LogP contribution in [0.25, 0.3) is 0 Å². The molecule has 0 fully saturated rings. The molecule has 0 aromatic rings. The van der Waals surface area contributed by atoms with Gasteiger partial charge in [-0.25, -0.2) is 0 Å². The van der Waals surface area contributed by atoms with Crippen molar-refractivity contribution in [3.63, 3.8) is 0 Å². The lowest BCUT2D eigenvalue weighted by Gasteiger charge is -2.07. The number of hydrogen-bond acceptors (Lipinski definition) is 2. The minimum Gasteiger partial charge on any atom is -0.288 e. The molecule has 0 aliphatic heterocycles. The van der Waals surface area contributed by atoms with Crippen LogP contribution in [0, 0.1) is 5.92 Å². The van der Waals surface area contributed by atoms with Gasteiger partial charge in [-0.2, -0.15) is 0 Å². The molecule has 0 N–H and O–H groups in total. The summed E-state index contributed by atoms with van der Waals surface area (Å²) in [4.78, 5) is 10.5. The van der Waals surface area contributed by atoms with Gasteiger partial charge in [0.25, 0.3) is 0 Å². The molecular weight excluding hydrogens is 144 g/mol. The van der Waals surface area contributed by atoms with Crippen molar-refractivity contribution in [2.24, 2.45) is 5.92 Å². The van der Waals surface area contributed by atoms with Crippen molar-refractivity contribution < 1.29 is 4.79 Å². The third-order valence-corrected chi connectivity index (χ3v) is 2.45. The molecule has 10 heavy (non-hydrogen) atoms. The second-order valence-electron chi connectivity index (χ2n) is 2.55. The van der Waals surface area contributed by atoms with Gasteiger partial charge in [0.15, 0.2) is 5.12 Å². The SMILES string of the molecule is C=C(C)C(C)CSC(C)=O. The van der Waals surface area contributed by atoms with E-state index in [1.54, 1.807) is 6.92 Å². The number of rotatable bonds is 3. The Bertz CT molecular complexity index is 140. The van der Waals surface area contributed by atoms with E-state index in [1.807, 2.05) is 6.92 Å². The van der Waals surface area contributed by atoms with Crippen LogP contribution in [0.3, 0.4) is 0 Å². The molecule has 0 aromatic carbocycles. The van der Waals surface area contributed by atoms with E-state index in [4.69, 9.17) is 0 Å². The quantitative estimate of drug-likeness (QED) is 0.587. The highest BCUT2D eigenvalue weighted by atomic mass is 32.2. The summed E-state index contributed by atoms with van der Waals surface area (Å²) in [6.07, 6.45) is 0. The molecule has 58 valence electrons. The van der Waals surface area contributed by atoms with Gasteiger partial charge in [0, 0.05) is 12.7 Å². The molecule has 0 aliphatic rings. The van der Waals surface area contributed by atoms with Crippen molar-refractivity contribution >= 4 is 16.9 Å². The van der Waals surface area contributed by atoms with Gasteiger partial charge in [-0.15, -0.1) is 0 Å². The number of hydrogen-bond donors (Lipinski definition) is 0. The average molecular weight is 158 g/mol. The summed E-state index contributed by atoms with van der Waals surface area (Å²) >= 11 is 1.37. The Morgan fingerprint density at radius 1 is 1.60 bits per heavy atom. The van der Waals surface area contributed by atoms with Crippen LogP contribution in [-0.2, 0) is 4.79 Å². The van der Waals surface area contributed by atoms with Gasteiger partial charge >= 0.3 is 0 Å². The van der Waals surface area contributed by atoms with Gasteiger partial charge in [-0.05, 0) is 12.8 Å². The molecule has 1 unspecified atom stereocenters. The smallest absolute Gasteiger partial charge is 0.185 e. The van der Waals surface area contributed by atoms with Gasteiger partial charge in [0.2, 0.25) is 0 Å². The van der Waals surface area contributed by atoms with Crippen molar-refractivity contribution in [1.29, 1.82) is 0 Å².